The van der Waals surface area contributed by atoms with Crippen LogP contribution in [-0.2, 0) is 11.3 Å². The van der Waals surface area contributed by atoms with Crippen molar-refractivity contribution in [1.29, 1.82) is 0 Å². The van der Waals surface area contributed by atoms with E-state index in [4.69, 9.17) is 5.11 Å². The summed E-state index contributed by atoms with van der Waals surface area (Å²) in [6.45, 7) is 0.533. The van der Waals surface area contributed by atoms with Gasteiger partial charge in [0.15, 0.2) is 0 Å². The molecule has 0 heterocycles. The van der Waals surface area contributed by atoms with Crippen LogP contribution in [0.1, 0.15) is 22.3 Å². The van der Waals surface area contributed by atoms with E-state index in [1.54, 1.807) is 19.2 Å². The van der Waals surface area contributed by atoms with Gasteiger partial charge < -0.3 is 20.6 Å². The third kappa shape index (κ3) is 5.52. The van der Waals surface area contributed by atoms with E-state index in [9.17, 15) is 14.4 Å². The fraction of sp³-hybridized carbons (Fsp3) is 0.357. The molecule has 0 radical (unpaired) electrons. The number of amides is 3. The fourth-order valence-electron chi connectivity index (χ4n) is 1.62. The number of benzene rings is 1. The number of aromatic carboxylic acids is 1. The van der Waals surface area contributed by atoms with Gasteiger partial charge in [-0.05, 0) is 17.7 Å². The van der Waals surface area contributed by atoms with Crippen molar-refractivity contribution in [3.05, 3.63) is 35.4 Å². The number of rotatable bonds is 6. The van der Waals surface area contributed by atoms with Gasteiger partial charge in [-0.1, -0.05) is 12.1 Å². The largest absolute Gasteiger partial charge is 0.478 e. The molecular formula is C14H19N3O4. The molecule has 0 bridgehead atoms. The summed E-state index contributed by atoms with van der Waals surface area (Å²) in [6, 6.07) is 6.04. The smallest absolute Gasteiger partial charge is 0.335 e. The van der Waals surface area contributed by atoms with Crippen molar-refractivity contribution in [2.24, 2.45) is 0 Å². The van der Waals surface area contributed by atoms with Gasteiger partial charge in [-0.3, -0.25) is 4.79 Å². The first-order chi connectivity index (χ1) is 9.93. The van der Waals surface area contributed by atoms with Crippen molar-refractivity contribution in [2.45, 2.75) is 13.0 Å². The Labute approximate surface area is 122 Å². The quantitative estimate of drug-likeness (QED) is 0.717. The van der Waals surface area contributed by atoms with Crippen LogP contribution >= 0.6 is 0 Å². The molecule has 1 aromatic carbocycles. The summed E-state index contributed by atoms with van der Waals surface area (Å²) in [5.74, 6) is -1.14. The van der Waals surface area contributed by atoms with Crippen molar-refractivity contribution in [3.8, 4) is 0 Å². The van der Waals surface area contributed by atoms with Gasteiger partial charge in [0.25, 0.3) is 0 Å². The van der Waals surface area contributed by atoms with Crippen LogP contribution in [0.2, 0.25) is 0 Å². The van der Waals surface area contributed by atoms with E-state index in [-0.39, 0.29) is 30.5 Å². The number of nitrogens with zero attached hydrogens (tertiary/aromatic N) is 1. The second-order valence-corrected chi connectivity index (χ2v) is 4.51. The molecule has 0 aliphatic heterocycles. The van der Waals surface area contributed by atoms with E-state index in [1.807, 2.05) is 0 Å². The van der Waals surface area contributed by atoms with Gasteiger partial charge in [-0.2, -0.15) is 0 Å². The monoisotopic (exact) mass is 293 g/mol. The lowest BCUT2D eigenvalue weighted by Gasteiger charge is -2.17. The number of hydrogen-bond acceptors (Lipinski definition) is 3. The van der Waals surface area contributed by atoms with Crippen molar-refractivity contribution in [2.75, 3.05) is 20.6 Å². The SMILES string of the molecule is CNC(=O)CCN(C)C(=O)NCc1cccc(C(=O)O)c1. The first-order valence-corrected chi connectivity index (χ1v) is 6.46. The summed E-state index contributed by atoms with van der Waals surface area (Å²) in [6.07, 6.45) is 0.231. The number of carbonyl (C=O) groups excluding carboxylic acids is 2. The molecule has 0 atom stereocenters. The summed E-state index contributed by atoms with van der Waals surface area (Å²) >= 11 is 0. The number of nitrogens with one attached hydrogen (secondary N) is 2. The molecule has 7 nitrogen and oxygen atoms in total. The first kappa shape index (κ1) is 16.5. The van der Waals surface area contributed by atoms with Crippen LogP contribution in [0.15, 0.2) is 24.3 Å². The lowest BCUT2D eigenvalue weighted by atomic mass is 10.1. The predicted molar refractivity (Wildman–Crippen MR) is 77.0 cm³/mol. The molecule has 1 aromatic rings. The molecule has 3 N–H and O–H groups in total. The minimum absolute atomic E-state index is 0.135. The Hall–Kier alpha value is -2.57. The molecule has 0 saturated carbocycles. The average Bonchev–Trinajstić information content (AvgIpc) is 2.49. The zero-order valence-electron chi connectivity index (χ0n) is 12.0. The minimum atomic E-state index is -1.01. The highest BCUT2D eigenvalue weighted by molar-refractivity contribution is 5.87. The predicted octanol–water partition coefficient (Wildman–Crippen LogP) is 0.662. The third-order valence-corrected chi connectivity index (χ3v) is 2.92. The maximum Gasteiger partial charge on any atom is 0.335 e. The number of carboxylic acid groups (broad SMARTS) is 1. The standard InChI is InChI=1S/C14H19N3O4/c1-15-12(18)6-7-17(2)14(21)16-9-10-4-3-5-11(8-10)13(19)20/h3-5,8H,6-7,9H2,1-2H3,(H,15,18)(H,16,21)(H,19,20). The van der Waals surface area contributed by atoms with Crippen LogP contribution in [-0.4, -0.2) is 48.6 Å². The van der Waals surface area contributed by atoms with Crippen molar-refractivity contribution < 1.29 is 19.5 Å². The summed E-state index contributed by atoms with van der Waals surface area (Å²) in [7, 11) is 3.13. The summed E-state index contributed by atoms with van der Waals surface area (Å²) in [5, 5.41) is 14.0. The Balaban J connectivity index is 2.47. The molecule has 0 aromatic heterocycles. The molecule has 0 aliphatic rings. The molecule has 0 fully saturated rings. The van der Waals surface area contributed by atoms with Crippen LogP contribution < -0.4 is 10.6 Å². The zero-order chi connectivity index (χ0) is 15.8. The maximum absolute atomic E-state index is 11.8. The van der Waals surface area contributed by atoms with E-state index in [0.717, 1.165) is 0 Å². The van der Waals surface area contributed by atoms with E-state index in [1.165, 1.54) is 24.1 Å². The van der Waals surface area contributed by atoms with Gasteiger partial charge >= 0.3 is 12.0 Å². The lowest BCUT2D eigenvalue weighted by molar-refractivity contribution is -0.120. The molecule has 0 unspecified atom stereocenters. The van der Waals surface area contributed by atoms with Gasteiger partial charge in [0.05, 0.1) is 5.56 Å². The number of urea groups is 1. The van der Waals surface area contributed by atoms with Crippen molar-refractivity contribution in [3.63, 3.8) is 0 Å². The molecule has 3 amide bonds. The highest BCUT2D eigenvalue weighted by atomic mass is 16.4. The van der Waals surface area contributed by atoms with Crippen molar-refractivity contribution >= 4 is 17.9 Å². The van der Waals surface area contributed by atoms with Crippen molar-refractivity contribution in [1.82, 2.24) is 15.5 Å². The molecule has 0 saturated heterocycles. The van der Waals surface area contributed by atoms with E-state index in [0.29, 0.717) is 12.1 Å². The number of carbonyl (C=O) groups is 3. The molecule has 0 aliphatic carbocycles. The molecule has 1 rings (SSSR count). The molecule has 7 heteroatoms. The highest BCUT2D eigenvalue weighted by Gasteiger charge is 2.10. The minimum Gasteiger partial charge on any atom is -0.478 e. The fourth-order valence-corrected chi connectivity index (χ4v) is 1.62. The van der Waals surface area contributed by atoms with Gasteiger partial charge in [-0.25, -0.2) is 9.59 Å². The normalized spacial score (nSPS) is 9.81. The van der Waals surface area contributed by atoms with Gasteiger partial charge in [0, 0.05) is 33.6 Å². The van der Waals surface area contributed by atoms with E-state index < -0.39 is 5.97 Å². The summed E-state index contributed by atoms with van der Waals surface area (Å²) in [5.41, 5.74) is 0.873. The van der Waals surface area contributed by atoms with Crippen LogP contribution in [0.5, 0.6) is 0 Å². The first-order valence-electron chi connectivity index (χ1n) is 6.46. The van der Waals surface area contributed by atoms with Crippen LogP contribution in [0.4, 0.5) is 4.79 Å². The number of hydrogen-bond donors (Lipinski definition) is 3. The summed E-state index contributed by atoms with van der Waals surface area (Å²) < 4.78 is 0. The summed E-state index contributed by atoms with van der Waals surface area (Å²) in [4.78, 5) is 35.1. The Morgan fingerprint density at radius 2 is 2.00 bits per heavy atom. The Kier molecular flexibility index (Phi) is 6.19. The maximum atomic E-state index is 11.8. The second kappa shape index (κ2) is 7.88. The van der Waals surface area contributed by atoms with Gasteiger partial charge in [0.1, 0.15) is 0 Å². The highest BCUT2D eigenvalue weighted by Crippen LogP contribution is 2.05. The zero-order valence-corrected chi connectivity index (χ0v) is 12.0. The lowest BCUT2D eigenvalue weighted by Crippen LogP contribution is -2.38. The second-order valence-electron chi connectivity index (χ2n) is 4.51. The Morgan fingerprint density at radius 3 is 2.62 bits per heavy atom. The molecule has 0 spiro atoms. The average molecular weight is 293 g/mol. The third-order valence-electron chi connectivity index (χ3n) is 2.92. The van der Waals surface area contributed by atoms with Gasteiger partial charge in [-0.15, -0.1) is 0 Å². The Morgan fingerprint density at radius 1 is 1.29 bits per heavy atom. The topological polar surface area (TPSA) is 98.7 Å². The van der Waals surface area contributed by atoms with Gasteiger partial charge in [0.2, 0.25) is 5.91 Å². The van der Waals surface area contributed by atoms with E-state index >= 15 is 0 Å². The number of carboxylic acids is 1. The molecular weight excluding hydrogens is 274 g/mol. The van der Waals surface area contributed by atoms with Crippen LogP contribution in [0, 0.1) is 0 Å². The van der Waals surface area contributed by atoms with Crippen LogP contribution in [0.3, 0.4) is 0 Å². The molecule has 21 heavy (non-hydrogen) atoms. The molecule has 114 valence electrons. The van der Waals surface area contributed by atoms with Crippen LogP contribution in [0.25, 0.3) is 0 Å². The van der Waals surface area contributed by atoms with E-state index in [2.05, 4.69) is 10.6 Å². The Bertz CT molecular complexity index is 531.